The largest absolute Gasteiger partial charge is 0.362 e. The van der Waals surface area contributed by atoms with Crippen molar-refractivity contribution in [2.24, 2.45) is 0 Å². The number of nitrogens with one attached hydrogen (secondary N) is 3. The molecule has 0 aliphatic carbocycles. The van der Waals surface area contributed by atoms with E-state index in [4.69, 9.17) is 23.8 Å². The van der Waals surface area contributed by atoms with Gasteiger partial charge in [0.25, 0.3) is 0 Å². The van der Waals surface area contributed by atoms with E-state index in [2.05, 4.69) is 46.8 Å². The molecule has 1 heterocycles. The van der Waals surface area contributed by atoms with Gasteiger partial charge in [-0.1, -0.05) is 41.9 Å². The predicted octanol–water partition coefficient (Wildman–Crippen LogP) is 4.38. The van der Waals surface area contributed by atoms with Gasteiger partial charge in [0.1, 0.15) is 0 Å². The number of aromatic nitrogens is 1. The summed E-state index contributed by atoms with van der Waals surface area (Å²) in [5.41, 5.74) is 4.91. The van der Waals surface area contributed by atoms with Crippen LogP contribution < -0.4 is 10.6 Å². The molecule has 3 aromatic rings. The van der Waals surface area contributed by atoms with Gasteiger partial charge in [-0.05, 0) is 61.3 Å². The molecule has 130 valence electrons. The lowest BCUT2D eigenvalue weighted by Gasteiger charge is -2.10. The minimum Gasteiger partial charge on any atom is -0.362 e. The normalized spacial score (nSPS) is 10.8. The Kier molecular flexibility index (Phi) is 5.95. The minimum atomic E-state index is 0.700. The molecule has 0 amide bonds. The number of thiocarbonyl (C=S) groups is 1. The molecule has 0 spiro atoms. The fourth-order valence-corrected chi connectivity index (χ4v) is 3.38. The van der Waals surface area contributed by atoms with Crippen LogP contribution in [0.5, 0.6) is 0 Å². The summed E-state index contributed by atoms with van der Waals surface area (Å²) in [5, 5.41) is 9.20. The van der Waals surface area contributed by atoms with Crippen LogP contribution in [-0.2, 0) is 12.8 Å². The zero-order chi connectivity index (χ0) is 17.6. The lowest BCUT2D eigenvalue weighted by molar-refractivity contribution is 0.802. The van der Waals surface area contributed by atoms with E-state index >= 15 is 0 Å². The Bertz CT molecular complexity index is 858. The fraction of sp³-hybridized carbons (Fsp3) is 0.250. The zero-order valence-electron chi connectivity index (χ0n) is 14.2. The van der Waals surface area contributed by atoms with Crippen molar-refractivity contribution in [2.75, 3.05) is 13.1 Å². The van der Waals surface area contributed by atoms with E-state index in [9.17, 15) is 0 Å². The van der Waals surface area contributed by atoms with Crippen molar-refractivity contribution < 1.29 is 0 Å². The fourth-order valence-electron chi connectivity index (χ4n) is 3.01. The Labute approximate surface area is 158 Å². The SMILES string of the molecule is Cc1[nH]c2ccc(Cl)cc2c1CCNC(=S)NCCc1ccccc1. The number of hydrogen-bond acceptors (Lipinski definition) is 1. The number of fused-ring (bicyclic) bond motifs is 1. The van der Waals surface area contributed by atoms with Crippen molar-refractivity contribution in [3.63, 3.8) is 0 Å². The van der Waals surface area contributed by atoms with E-state index in [0.29, 0.717) is 5.11 Å². The average Bonchev–Trinajstić information content (AvgIpc) is 2.91. The molecule has 25 heavy (non-hydrogen) atoms. The van der Waals surface area contributed by atoms with Gasteiger partial charge >= 0.3 is 0 Å². The highest BCUT2D eigenvalue weighted by Crippen LogP contribution is 2.25. The van der Waals surface area contributed by atoms with Crippen molar-refractivity contribution in [1.82, 2.24) is 15.6 Å². The van der Waals surface area contributed by atoms with Crippen molar-refractivity contribution in [3.05, 3.63) is 70.4 Å². The molecular formula is C20H22ClN3S. The van der Waals surface area contributed by atoms with E-state index < -0.39 is 0 Å². The maximum absolute atomic E-state index is 6.13. The van der Waals surface area contributed by atoms with Crippen LogP contribution in [0.15, 0.2) is 48.5 Å². The summed E-state index contributed by atoms with van der Waals surface area (Å²) in [6, 6.07) is 16.4. The molecule has 0 bridgehead atoms. The second kappa shape index (κ2) is 8.37. The zero-order valence-corrected chi connectivity index (χ0v) is 15.8. The van der Waals surface area contributed by atoms with Gasteiger partial charge in [-0.25, -0.2) is 0 Å². The lowest BCUT2D eigenvalue weighted by atomic mass is 10.1. The molecule has 3 nitrogen and oxygen atoms in total. The Morgan fingerprint density at radius 3 is 2.52 bits per heavy atom. The van der Waals surface area contributed by atoms with Crippen molar-refractivity contribution in [1.29, 1.82) is 0 Å². The Morgan fingerprint density at radius 1 is 1.04 bits per heavy atom. The van der Waals surface area contributed by atoms with Crippen LogP contribution in [0, 0.1) is 6.92 Å². The lowest BCUT2D eigenvalue weighted by Crippen LogP contribution is -2.37. The van der Waals surface area contributed by atoms with Crippen LogP contribution in [0.3, 0.4) is 0 Å². The van der Waals surface area contributed by atoms with E-state index in [1.165, 1.54) is 22.2 Å². The molecule has 0 unspecified atom stereocenters. The van der Waals surface area contributed by atoms with E-state index in [1.54, 1.807) is 0 Å². The molecule has 5 heteroatoms. The molecule has 0 aliphatic rings. The number of halogens is 1. The van der Waals surface area contributed by atoms with Gasteiger partial charge in [-0.15, -0.1) is 0 Å². The smallest absolute Gasteiger partial charge is 0.166 e. The summed E-state index contributed by atoms with van der Waals surface area (Å²) in [4.78, 5) is 3.41. The number of H-pyrrole nitrogens is 1. The molecule has 3 N–H and O–H groups in total. The molecule has 2 aromatic carbocycles. The summed E-state index contributed by atoms with van der Waals surface area (Å²) >= 11 is 11.5. The number of aryl methyl sites for hydroxylation is 1. The molecule has 0 atom stereocenters. The van der Waals surface area contributed by atoms with Gasteiger partial charge in [0.2, 0.25) is 0 Å². The summed E-state index contributed by atoms with van der Waals surface area (Å²) in [6.07, 6.45) is 1.86. The van der Waals surface area contributed by atoms with Gasteiger partial charge < -0.3 is 15.6 Å². The predicted molar refractivity (Wildman–Crippen MR) is 110 cm³/mol. The second-order valence-electron chi connectivity index (χ2n) is 6.09. The first kappa shape index (κ1) is 17.8. The highest BCUT2D eigenvalue weighted by atomic mass is 35.5. The quantitative estimate of drug-likeness (QED) is 0.563. The first-order valence-electron chi connectivity index (χ1n) is 8.46. The van der Waals surface area contributed by atoms with Crippen LogP contribution >= 0.6 is 23.8 Å². The molecule has 0 aliphatic heterocycles. The Balaban J connectivity index is 1.47. The highest BCUT2D eigenvalue weighted by molar-refractivity contribution is 7.80. The third-order valence-corrected chi connectivity index (χ3v) is 4.81. The summed E-state index contributed by atoms with van der Waals surface area (Å²) in [5.74, 6) is 0. The highest BCUT2D eigenvalue weighted by Gasteiger charge is 2.08. The summed E-state index contributed by atoms with van der Waals surface area (Å²) in [7, 11) is 0. The van der Waals surface area contributed by atoms with Crippen LogP contribution in [0.25, 0.3) is 10.9 Å². The van der Waals surface area contributed by atoms with Crippen molar-refractivity contribution in [3.8, 4) is 0 Å². The Hall–Kier alpha value is -2.04. The molecule has 0 radical (unpaired) electrons. The van der Waals surface area contributed by atoms with Gasteiger partial charge in [0, 0.05) is 34.7 Å². The number of hydrogen-bond donors (Lipinski definition) is 3. The summed E-state index contributed by atoms with van der Waals surface area (Å²) in [6.45, 7) is 3.72. The van der Waals surface area contributed by atoms with Crippen molar-refractivity contribution in [2.45, 2.75) is 19.8 Å². The molecule has 0 fully saturated rings. The number of aromatic amines is 1. The van der Waals surface area contributed by atoms with E-state index in [1.807, 2.05) is 24.3 Å². The molecule has 0 saturated carbocycles. The first-order chi connectivity index (χ1) is 12.1. The third-order valence-electron chi connectivity index (χ3n) is 4.28. The van der Waals surface area contributed by atoms with Gasteiger partial charge in [0.05, 0.1) is 0 Å². The minimum absolute atomic E-state index is 0.700. The summed E-state index contributed by atoms with van der Waals surface area (Å²) < 4.78 is 0. The third kappa shape index (κ3) is 4.74. The Morgan fingerprint density at radius 2 is 1.76 bits per heavy atom. The van der Waals surface area contributed by atoms with E-state index in [-0.39, 0.29) is 0 Å². The number of benzene rings is 2. The van der Waals surface area contributed by atoms with Gasteiger partial charge in [-0.2, -0.15) is 0 Å². The van der Waals surface area contributed by atoms with Crippen LogP contribution in [-0.4, -0.2) is 23.2 Å². The topological polar surface area (TPSA) is 39.9 Å². The maximum atomic E-state index is 6.13. The van der Waals surface area contributed by atoms with E-state index in [0.717, 1.165) is 36.5 Å². The second-order valence-corrected chi connectivity index (χ2v) is 6.93. The van der Waals surface area contributed by atoms with Crippen LogP contribution in [0.2, 0.25) is 5.02 Å². The standard InChI is InChI=1S/C20H22ClN3S/c1-14-17(18-13-16(21)7-8-19(18)24-14)10-12-23-20(25)22-11-9-15-5-3-2-4-6-15/h2-8,13,24H,9-12H2,1H3,(H2,22,23,25). The maximum Gasteiger partial charge on any atom is 0.166 e. The molecular weight excluding hydrogens is 350 g/mol. The van der Waals surface area contributed by atoms with Gasteiger partial charge in [-0.3, -0.25) is 0 Å². The van der Waals surface area contributed by atoms with Gasteiger partial charge in [0.15, 0.2) is 5.11 Å². The number of rotatable bonds is 6. The first-order valence-corrected chi connectivity index (χ1v) is 9.24. The molecule has 3 rings (SSSR count). The van der Waals surface area contributed by atoms with Crippen LogP contribution in [0.4, 0.5) is 0 Å². The monoisotopic (exact) mass is 371 g/mol. The molecule has 1 aromatic heterocycles. The average molecular weight is 372 g/mol. The molecule has 0 saturated heterocycles. The van der Waals surface area contributed by atoms with Crippen LogP contribution in [0.1, 0.15) is 16.8 Å². The van der Waals surface area contributed by atoms with Crippen molar-refractivity contribution >= 4 is 39.8 Å².